The first-order valence-electron chi connectivity index (χ1n) is 12.4. The lowest BCUT2D eigenvalue weighted by Gasteiger charge is -2.51. The van der Waals surface area contributed by atoms with Crippen LogP contribution in [0.2, 0.25) is 0 Å². The van der Waals surface area contributed by atoms with Gasteiger partial charge in [-0.3, -0.25) is 10.1 Å². The number of hydrogen-bond donors (Lipinski definition) is 2. The average molecular weight is 545 g/mol. The van der Waals surface area contributed by atoms with Crippen molar-refractivity contribution in [3.63, 3.8) is 0 Å². The molecule has 9 heteroatoms. The molecule has 1 amide bonds. The standard InChI is InChI=1S/C26H32N4O4.BrH/c31-23(29-25-27-13-6-14-28-25)18-30-15-11-19(12-16-30)22(17-30)34-24(32)26(33,21-9-4-5-10-21)20-7-2-1-3-8-20;/h1-3,6-8,13-14,19,21-22,33H,4-5,9-12,15-18H2;1H/t19?,22-,26?,30?;/m0./s1. The van der Waals surface area contributed by atoms with Gasteiger partial charge >= 0.3 is 5.97 Å². The van der Waals surface area contributed by atoms with E-state index >= 15 is 0 Å². The molecule has 4 fully saturated rings. The Kier molecular flexibility index (Phi) is 7.88. The SMILES string of the molecule is O=C(C[N+]12CCC(CC1)[C@@H](OC(=O)C(O)(c1ccccc1)C1CCCC1)C2)Nc1ncccn1.[Br-]. The molecule has 1 saturated carbocycles. The number of carbonyl (C=O) groups excluding carboxylic acids is 2. The zero-order chi connectivity index (χ0) is 23.6. The van der Waals surface area contributed by atoms with Crippen LogP contribution in [0, 0.1) is 11.8 Å². The van der Waals surface area contributed by atoms with E-state index in [-0.39, 0.29) is 40.8 Å². The zero-order valence-corrected chi connectivity index (χ0v) is 21.4. The highest BCUT2D eigenvalue weighted by Gasteiger charge is 2.53. The minimum Gasteiger partial charge on any atom is -1.00 e. The van der Waals surface area contributed by atoms with E-state index in [0.29, 0.717) is 29.1 Å². The lowest BCUT2D eigenvalue weighted by atomic mass is 9.79. The second-order valence-electron chi connectivity index (χ2n) is 10.1. The van der Waals surface area contributed by atoms with Gasteiger partial charge in [-0.15, -0.1) is 0 Å². The fraction of sp³-hybridized carbons (Fsp3) is 0.538. The number of fused-ring (bicyclic) bond motifs is 3. The number of carbonyl (C=O) groups is 2. The summed E-state index contributed by atoms with van der Waals surface area (Å²) in [5, 5.41) is 14.5. The van der Waals surface area contributed by atoms with Crippen LogP contribution < -0.4 is 22.3 Å². The number of nitrogens with one attached hydrogen (secondary N) is 1. The number of anilines is 1. The first-order valence-corrected chi connectivity index (χ1v) is 12.4. The van der Waals surface area contributed by atoms with Gasteiger partial charge in [0.2, 0.25) is 5.95 Å². The Labute approximate surface area is 216 Å². The molecule has 3 saturated heterocycles. The summed E-state index contributed by atoms with van der Waals surface area (Å²) in [5.41, 5.74) is -1.02. The highest BCUT2D eigenvalue weighted by Crippen LogP contribution is 2.43. The molecule has 6 rings (SSSR count). The molecule has 1 aliphatic carbocycles. The zero-order valence-electron chi connectivity index (χ0n) is 19.8. The van der Waals surface area contributed by atoms with Crippen LogP contribution in [-0.4, -0.2) is 63.7 Å². The fourth-order valence-electron chi connectivity index (χ4n) is 6.19. The number of piperidine rings is 3. The molecule has 1 aromatic carbocycles. The molecule has 2 bridgehead atoms. The Morgan fingerprint density at radius 1 is 1.03 bits per heavy atom. The third-order valence-electron chi connectivity index (χ3n) is 8.07. The molecule has 0 radical (unpaired) electrons. The van der Waals surface area contributed by atoms with Crippen molar-refractivity contribution in [2.24, 2.45) is 11.8 Å². The number of nitrogens with zero attached hydrogens (tertiary/aromatic N) is 3. The van der Waals surface area contributed by atoms with E-state index in [1.807, 2.05) is 30.3 Å². The van der Waals surface area contributed by atoms with Crippen molar-refractivity contribution in [3.05, 3.63) is 54.4 Å². The molecule has 1 aromatic heterocycles. The van der Waals surface area contributed by atoms with Crippen molar-refractivity contribution in [2.75, 3.05) is 31.5 Å². The predicted molar refractivity (Wildman–Crippen MR) is 125 cm³/mol. The Morgan fingerprint density at radius 3 is 2.34 bits per heavy atom. The molecule has 2 aromatic rings. The van der Waals surface area contributed by atoms with E-state index in [2.05, 4.69) is 15.3 Å². The number of quaternary nitrogens is 1. The monoisotopic (exact) mass is 544 g/mol. The number of rotatable bonds is 7. The molecule has 4 aliphatic rings. The molecular formula is C26H33BrN4O4. The molecule has 0 spiro atoms. The first kappa shape index (κ1) is 25.7. The maximum Gasteiger partial charge on any atom is 0.343 e. The lowest BCUT2D eigenvalue weighted by molar-refractivity contribution is -0.939. The van der Waals surface area contributed by atoms with Gasteiger partial charge in [0.05, 0.1) is 13.1 Å². The van der Waals surface area contributed by atoms with E-state index < -0.39 is 11.6 Å². The highest BCUT2D eigenvalue weighted by molar-refractivity contribution is 5.89. The Hall–Kier alpha value is -2.36. The maximum atomic E-state index is 13.6. The number of amides is 1. The highest BCUT2D eigenvalue weighted by atomic mass is 79.9. The molecule has 2 N–H and O–H groups in total. The number of aromatic nitrogens is 2. The summed E-state index contributed by atoms with van der Waals surface area (Å²) >= 11 is 0. The lowest BCUT2D eigenvalue weighted by Crippen LogP contribution is -3.00. The number of esters is 1. The van der Waals surface area contributed by atoms with Crippen LogP contribution in [-0.2, 0) is 19.9 Å². The molecule has 4 heterocycles. The summed E-state index contributed by atoms with van der Waals surface area (Å²) in [6.45, 7) is 2.65. The van der Waals surface area contributed by atoms with Gasteiger partial charge in [0.25, 0.3) is 5.91 Å². The van der Waals surface area contributed by atoms with E-state index in [9.17, 15) is 14.7 Å². The second-order valence-corrected chi connectivity index (χ2v) is 10.1. The van der Waals surface area contributed by atoms with Crippen LogP contribution in [0.1, 0.15) is 44.1 Å². The topological polar surface area (TPSA) is 101 Å². The van der Waals surface area contributed by atoms with Gasteiger partial charge in [0.15, 0.2) is 18.2 Å². The van der Waals surface area contributed by atoms with E-state index in [4.69, 9.17) is 4.74 Å². The Balaban J connectivity index is 0.00000289. The number of benzene rings is 1. The van der Waals surface area contributed by atoms with Crippen LogP contribution in [0.3, 0.4) is 0 Å². The van der Waals surface area contributed by atoms with Gasteiger partial charge in [-0.2, -0.15) is 0 Å². The summed E-state index contributed by atoms with van der Waals surface area (Å²) in [6.07, 6.45) is 8.35. The third-order valence-corrected chi connectivity index (χ3v) is 8.07. The van der Waals surface area contributed by atoms with Crippen molar-refractivity contribution in [2.45, 2.75) is 50.2 Å². The molecular weight excluding hydrogens is 512 g/mol. The molecule has 188 valence electrons. The van der Waals surface area contributed by atoms with Gasteiger partial charge < -0.3 is 31.3 Å². The molecule has 35 heavy (non-hydrogen) atoms. The number of hydrogen-bond acceptors (Lipinski definition) is 6. The smallest absolute Gasteiger partial charge is 0.343 e. The van der Waals surface area contributed by atoms with Crippen LogP contribution in [0.25, 0.3) is 0 Å². The van der Waals surface area contributed by atoms with Crippen LogP contribution >= 0.6 is 0 Å². The van der Waals surface area contributed by atoms with Crippen LogP contribution in [0.4, 0.5) is 5.95 Å². The molecule has 2 atom stereocenters. The third kappa shape index (κ3) is 5.27. The summed E-state index contributed by atoms with van der Waals surface area (Å²) < 4.78 is 6.70. The van der Waals surface area contributed by atoms with Crippen molar-refractivity contribution in [3.8, 4) is 0 Å². The first-order chi connectivity index (χ1) is 16.5. The van der Waals surface area contributed by atoms with Crippen LogP contribution in [0.5, 0.6) is 0 Å². The largest absolute Gasteiger partial charge is 1.00 e. The van der Waals surface area contributed by atoms with Crippen molar-refractivity contribution in [1.29, 1.82) is 0 Å². The molecule has 3 aliphatic heterocycles. The van der Waals surface area contributed by atoms with Crippen molar-refractivity contribution >= 4 is 17.8 Å². The summed E-state index contributed by atoms with van der Waals surface area (Å²) in [6, 6.07) is 10.9. The second kappa shape index (κ2) is 10.7. The number of ether oxygens (including phenoxy) is 1. The summed E-state index contributed by atoms with van der Waals surface area (Å²) in [4.78, 5) is 34.5. The quantitative estimate of drug-likeness (QED) is 0.365. The van der Waals surface area contributed by atoms with Gasteiger partial charge in [-0.25, -0.2) is 14.8 Å². The summed E-state index contributed by atoms with van der Waals surface area (Å²) in [5.74, 6) is -0.241. The number of halogens is 1. The van der Waals surface area contributed by atoms with Gasteiger partial charge in [-0.1, -0.05) is 43.2 Å². The molecule has 1 unspecified atom stereocenters. The normalized spacial score (nSPS) is 27.5. The van der Waals surface area contributed by atoms with Crippen molar-refractivity contribution in [1.82, 2.24) is 9.97 Å². The minimum absolute atomic E-state index is 0. The van der Waals surface area contributed by atoms with Gasteiger partial charge in [-0.05, 0) is 24.5 Å². The van der Waals surface area contributed by atoms with Crippen molar-refractivity contribution < 1.29 is 40.9 Å². The maximum absolute atomic E-state index is 13.6. The predicted octanol–water partition coefficient (Wildman–Crippen LogP) is -0.351. The summed E-state index contributed by atoms with van der Waals surface area (Å²) in [7, 11) is 0. The average Bonchev–Trinajstić information content (AvgIpc) is 3.40. The van der Waals surface area contributed by atoms with Gasteiger partial charge in [0, 0.05) is 37.1 Å². The van der Waals surface area contributed by atoms with Gasteiger partial charge in [0.1, 0.15) is 6.54 Å². The Morgan fingerprint density at radius 2 is 1.69 bits per heavy atom. The van der Waals surface area contributed by atoms with Crippen LogP contribution in [0.15, 0.2) is 48.8 Å². The Bertz CT molecular complexity index is 1010. The van der Waals surface area contributed by atoms with E-state index in [1.165, 1.54) is 0 Å². The number of aliphatic hydroxyl groups is 1. The van der Waals surface area contributed by atoms with E-state index in [0.717, 1.165) is 51.6 Å². The minimum atomic E-state index is -1.63. The van der Waals surface area contributed by atoms with E-state index in [1.54, 1.807) is 18.5 Å². The molecule has 8 nitrogen and oxygen atoms in total. The fourth-order valence-corrected chi connectivity index (χ4v) is 6.19.